The first-order valence-electron chi connectivity index (χ1n) is 8.31. The Hall–Kier alpha value is -2.15. The number of benzene rings is 1. The predicted octanol–water partition coefficient (Wildman–Crippen LogP) is 3.64. The van der Waals surface area contributed by atoms with Crippen molar-refractivity contribution in [2.75, 3.05) is 19.6 Å². The number of thiophene rings is 1. The van der Waals surface area contributed by atoms with Crippen LogP contribution < -0.4 is 5.73 Å². The van der Waals surface area contributed by atoms with Gasteiger partial charge in [0.05, 0.1) is 4.88 Å². The fraction of sp³-hybridized carbons (Fsp3) is 0.263. The molecule has 2 N–H and O–H groups in total. The Kier molecular flexibility index (Phi) is 5.76. The molecule has 5 nitrogen and oxygen atoms in total. The summed E-state index contributed by atoms with van der Waals surface area (Å²) in [6.07, 6.45) is 0. The maximum atomic E-state index is 12.8. The van der Waals surface area contributed by atoms with Crippen LogP contribution in [0.4, 0.5) is 0 Å². The summed E-state index contributed by atoms with van der Waals surface area (Å²) in [7, 11) is 0. The van der Waals surface area contributed by atoms with Crippen LogP contribution in [0.3, 0.4) is 0 Å². The molecule has 0 radical (unpaired) electrons. The van der Waals surface area contributed by atoms with Crippen molar-refractivity contribution in [3.63, 3.8) is 0 Å². The quantitative estimate of drug-likeness (QED) is 0.739. The third-order valence-corrected chi connectivity index (χ3v) is 5.64. The maximum Gasteiger partial charge on any atom is 0.276 e. The van der Waals surface area contributed by atoms with E-state index >= 15 is 0 Å². The molecule has 1 saturated heterocycles. The number of nitrogens with two attached hydrogens (primary N) is 1. The fourth-order valence-corrected chi connectivity index (χ4v) is 4.10. The van der Waals surface area contributed by atoms with Gasteiger partial charge in [0.25, 0.3) is 5.91 Å². The maximum absolute atomic E-state index is 12.8. The van der Waals surface area contributed by atoms with E-state index in [2.05, 4.69) is 17.3 Å². The fourth-order valence-electron chi connectivity index (χ4n) is 3.43. The van der Waals surface area contributed by atoms with E-state index in [1.54, 1.807) is 17.4 Å². The second kappa shape index (κ2) is 8.03. The molecule has 0 bridgehead atoms. The van der Waals surface area contributed by atoms with E-state index in [-0.39, 0.29) is 30.2 Å². The van der Waals surface area contributed by atoms with Gasteiger partial charge >= 0.3 is 0 Å². The second-order valence-electron chi connectivity index (χ2n) is 6.28. The molecule has 1 aliphatic rings. The number of hydrogen-bond acceptors (Lipinski definition) is 5. The number of carbonyl (C=O) groups is 1. The first-order chi connectivity index (χ1) is 12.3. The lowest BCUT2D eigenvalue weighted by molar-refractivity contribution is 0.0776. The van der Waals surface area contributed by atoms with Crippen molar-refractivity contribution >= 4 is 29.7 Å². The van der Waals surface area contributed by atoms with Crippen molar-refractivity contribution in [1.82, 2.24) is 10.1 Å². The molecule has 136 valence electrons. The zero-order chi connectivity index (χ0) is 17.2. The van der Waals surface area contributed by atoms with Crippen LogP contribution >= 0.6 is 23.7 Å². The SMILES string of the molecule is Cl.NC[C@@H]1CN(C(=O)c2cc(-c3cccs3)on2)C[C@H]1c1ccccc1. The molecule has 0 unspecified atom stereocenters. The van der Waals surface area contributed by atoms with Gasteiger partial charge < -0.3 is 15.2 Å². The average molecular weight is 390 g/mol. The Morgan fingerprint density at radius 2 is 2.04 bits per heavy atom. The third kappa shape index (κ3) is 3.53. The van der Waals surface area contributed by atoms with E-state index in [4.69, 9.17) is 10.3 Å². The van der Waals surface area contributed by atoms with Crippen LogP contribution in [-0.2, 0) is 0 Å². The highest BCUT2D eigenvalue weighted by molar-refractivity contribution is 7.13. The molecule has 0 saturated carbocycles. The van der Waals surface area contributed by atoms with Crippen LogP contribution in [0.2, 0.25) is 0 Å². The first kappa shape index (κ1) is 18.6. The summed E-state index contributed by atoms with van der Waals surface area (Å²) in [6.45, 7) is 1.87. The molecule has 1 fully saturated rings. The summed E-state index contributed by atoms with van der Waals surface area (Å²) >= 11 is 1.56. The Balaban J connectivity index is 0.00000196. The molecule has 26 heavy (non-hydrogen) atoms. The average Bonchev–Trinajstić information content (AvgIpc) is 3.41. The van der Waals surface area contributed by atoms with Gasteiger partial charge in [0, 0.05) is 25.1 Å². The van der Waals surface area contributed by atoms with Crippen LogP contribution in [0.25, 0.3) is 10.6 Å². The molecule has 1 aromatic carbocycles. The molecule has 1 amide bonds. The summed E-state index contributed by atoms with van der Waals surface area (Å²) in [4.78, 5) is 15.6. The van der Waals surface area contributed by atoms with Crippen LogP contribution in [-0.4, -0.2) is 35.6 Å². The highest BCUT2D eigenvalue weighted by Gasteiger charge is 2.36. The Labute approximate surface area is 162 Å². The third-order valence-electron chi connectivity index (χ3n) is 4.75. The second-order valence-corrected chi connectivity index (χ2v) is 7.22. The van der Waals surface area contributed by atoms with E-state index in [1.807, 2.05) is 40.6 Å². The van der Waals surface area contributed by atoms with Crippen molar-refractivity contribution in [3.8, 4) is 10.6 Å². The predicted molar refractivity (Wildman–Crippen MR) is 105 cm³/mol. The van der Waals surface area contributed by atoms with Gasteiger partial charge in [-0.2, -0.15) is 0 Å². The number of likely N-dealkylation sites (tertiary alicyclic amines) is 1. The molecular weight excluding hydrogens is 370 g/mol. The minimum absolute atomic E-state index is 0. The molecule has 2 atom stereocenters. The van der Waals surface area contributed by atoms with Crippen LogP contribution in [0.5, 0.6) is 0 Å². The normalized spacial score (nSPS) is 19.3. The van der Waals surface area contributed by atoms with E-state index in [1.165, 1.54) is 5.56 Å². The molecule has 2 aromatic heterocycles. The number of hydrogen-bond donors (Lipinski definition) is 1. The zero-order valence-electron chi connectivity index (χ0n) is 14.1. The highest BCUT2D eigenvalue weighted by Crippen LogP contribution is 2.33. The smallest absolute Gasteiger partial charge is 0.276 e. The molecule has 0 aliphatic carbocycles. The Bertz CT molecular complexity index is 851. The molecule has 1 aliphatic heterocycles. The lowest BCUT2D eigenvalue weighted by Gasteiger charge is -2.16. The van der Waals surface area contributed by atoms with Crippen LogP contribution in [0, 0.1) is 5.92 Å². The number of nitrogens with zero attached hydrogens (tertiary/aromatic N) is 2. The number of amides is 1. The van der Waals surface area contributed by atoms with E-state index in [0.717, 1.165) is 4.88 Å². The number of aromatic nitrogens is 1. The lowest BCUT2D eigenvalue weighted by Crippen LogP contribution is -2.30. The van der Waals surface area contributed by atoms with E-state index in [0.29, 0.717) is 31.1 Å². The Morgan fingerprint density at radius 3 is 2.73 bits per heavy atom. The first-order valence-corrected chi connectivity index (χ1v) is 9.19. The highest BCUT2D eigenvalue weighted by atomic mass is 35.5. The van der Waals surface area contributed by atoms with Crippen molar-refractivity contribution in [2.45, 2.75) is 5.92 Å². The molecule has 3 aromatic rings. The molecule has 7 heteroatoms. The summed E-state index contributed by atoms with van der Waals surface area (Å²) < 4.78 is 5.34. The Morgan fingerprint density at radius 1 is 1.23 bits per heavy atom. The topological polar surface area (TPSA) is 72.4 Å². The summed E-state index contributed by atoms with van der Waals surface area (Å²) in [5.74, 6) is 1.06. The minimum atomic E-state index is -0.0940. The molecule has 0 spiro atoms. The lowest BCUT2D eigenvalue weighted by atomic mass is 9.89. The van der Waals surface area contributed by atoms with Crippen molar-refractivity contribution < 1.29 is 9.32 Å². The summed E-state index contributed by atoms with van der Waals surface area (Å²) in [5, 5.41) is 5.94. The summed E-state index contributed by atoms with van der Waals surface area (Å²) in [5.41, 5.74) is 7.54. The summed E-state index contributed by atoms with van der Waals surface area (Å²) in [6, 6.07) is 15.9. The number of carbonyl (C=O) groups excluding carboxylic acids is 1. The van der Waals surface area contributed by atoms with E-state index < -0.39 is 0 Å². The van der Waals surface area contributed by atoms with Gasteiger partial charge in [-0.15, -0.1) is 23.7 Å². The molecule has 4 rings (SSSR count). The van der Waals surface area contributed by atoms with Gasteiger partial charge in [0.1, 0.15) is 0 Å². The van der Waals surface area contributed by atoms with Crippen molar-refractivity contribution in [1.29, 1.82) is 0 Å². The van der Waals surface area contributed by atoms with Crippen LogP contribution in [0.15, 0.2) is 58.4 Å². The zero-order valence-corrected chi connectivity index (χ0v) is 15.7. The van der Waals surface area contributed by atoms with Gasteiger partial charge in [0.15, 0.2) is 11.5 Å². The van der Waals surface area contributed by atoms with Gasteiger partial charge in [0.2, 0.25) is 0 Å². The monoisotopic (exact) mass is 389 g/mol. The van der Waals surface area contributed by atoms with Gasteiger partial charge in [-0.3, -0.25) is 4.79 Å². The van der Waals surface area contributed by atoms with Crippen molar-refractivity contribution in [2.24, 2.45) is 11.7 Å². The molecule has 3 heterocycles. The van der Waals surface area contributed by atoms with Crippen LogP contribution in [0.1, 0.15) is 22.0 Å². The minimum Gasteiger partial charge on any atom is -0.355 e. The van der Waals surface area contributed by atoms with Gasteiger partial charge in [-0.05, 0) is 29.5 Å². The van der Waals surface area contributed by atoms with E-state index in [9.17, 15) is 4.79 Å². The van der Waals surface area contributed by atoms with Gasteiger partial charge in [-0.25, -0.2) is 0 Å². The standard InChI is InChI=1S/C19H19N3O2S.ClH/c20-10-14-11-22(12-15(14)13-5-2-1-3-6-13)19(23)16-9-17(24-21-16)18-7-4-8-25-18;/h1-9,14-15H,10-12,20H2;1H/t14-,15+;/m1./s1. The largest absolute Gasteiger partial charge is 0.355 e. The number of rotatable bonds is 4. The van der Waals surface area contributed by atoms with Gasteiger partial charge in [-0.1, -0.05) is 41.6 Å². The number of halogens is 1. The molecular formula is C19H20ClN3O2S. The van der Waals surface area contributed by atoms with Crippen molar-refractivity contribution in [3.05, 3.63) is 65.2 Å².